The van der Waals surface area contributed by atoms with E-state index in [0.29, 0.717) is 17.7 Å². The SMILES string of the molecule is CCc1cc(F)ccc1OC(c1cncc(F)c1)[C@H]1CCNC1. The zero-order valence-electron chi connectivity index (χ0n) is 13.1. The first-order chi connectivity index (χ1) is 11.2. The lowest BCUT2D eigenvalue weighted by Gasteiger charge is -2.26. The van der Waals surface area contributed by atoms with Crippen LogP contribution in [0.5, 0.6) is 5.75 Å². The third kappa shape index (κ3) is 3.67. The zero-order valence-corrected chi connectivity index (χ0v) is 13.1. The van der Waals surface area contributed by atoms with Gasteiger partial charge in [0.15, 0.2) is 0 Å². The highest BCUT2D eigenvalue weighted by Gasteiger charge is 2.29. The lowest BCUT2D eigenvalue weighted by atomic mass is 9.95. The van der Waals surface area contributed by atoms with Gasteiger partial charge in [0, 0.05) is 24.2 Å². The topological polar surface area (TPSA) is 34.1 Å². The summed E-state index contributed by atoms with van der Waals surface area (Å²) in [6.07, 6.45) is 4.14. The molecule has 0 spiro atoms. The van der Waals surface area contributed by atoms with Gasteiger partial charge in [0.2, 0.25) is 0 Å². The average Bonchev–Trinajstić information content (AvgIpc) is 3.07. The monoisotopic (exact) mass is 318 g/mol. The number of rotatable bonds is 5. The Morgan fingerprint density at radius 1 is 1.26 bits per heavy atom. The molecule has 0 saturated carbocycles. The predicted octanol–water partition coefficient (Wildman–Crippen LogP) is 3.65. The van der Waals surface area contributed by atoms with Crippen molar-refractivity contribution < 1.29 is 13.5 Å². The average molecular weight is 318 g/mol. The Morgan fingerprint density at radius 3 is 2.83 bits per heavy atom. The first-order valence-corrected chi connectivity index (χ1v) is 7.93. The van der Waals surface area contributed by atoms with E-state index in [9.17, 15) is 8.78 Å². The number of hydrogen-bond acceptors (Lipinski definition) is 3. The van der Waals surface area contributed by atoms with Crippen LogP contribution in [0.1, 0.15) is 30.6 Å². The quantitative estimate of drug-likeness (QED) is 0.914. The summed E-state index contributed by atoms with van der Waals surface area (Å²) < 4.78 is 33.2. The minimum absolute atomic E-state index is 0.230. The maximum atomic E-state index is 13.6. The summed E-state index contributed by atoms with van der Waals surface area (Å²) in [4.78, 5) is 3.94. The second kappa shape index (κ2) is 7.04. The molecule has 3 rings (SSSR count). The molecule has 1 unspecified atom stereocenters. The molecule has 5 heteroatoms. The second-order valence-corrected chi connectivity index (χ2v) is 5.83. The molecule has 1 aliphatic rings. The Labute approximate surface area is 134 Å². The van der Waals surface area contributed by atoms with E-state index in [2.05, 4.69) is 10.3 Å². The number of nitrogens with zero attached hydrogens (tertiary/aromatic N) is 1. The van der Waals surface area contributed by atoms with Crippen molar-refractivity contribution in [3.05, 3.63) is 59.4 Å². The third-order valence-electron chi connectivity index (χ3n) is 4.24. The van der Waals surface area contributed by atoms with Gasteiger partial charge in [-0.2, -0.15) is 0 Å². The molecule has 0 bridgehead atoms. The van der Waals surface area contributed by atoms with Crippen LogP contribution < -0.4 is 10.1 Å². The highest BCUT2D eigenvalue weighted by Crippen LogP contribution is 2.33. The van der Waals surface area contributed by atoms with Crippen molar-refractivity contribution in [2.45, 2.75) is 25.9 Å². The van der Waals surface area contributed by atoms with Crippen molar-refractivity contribution in [2.24, 2.45) is 5.92 Å². The van der Waals surface area contributed by atoms with Crippen LogP contribution in [0, 0.1) is 17.6 Å². The molecule has 1 fully saturated rings. The summed E-state index contributed by atoms with van der Waals surface area (Å²) in [7, 11) is 0. The highest BCUT2D eigenvalue weighted by atomic mass is 19.1. The lowest BCUT2D eigenvalue weighted by molar-refractivity contribution is 0.142. The van der Waals surface area contributed by atoms with Gasteiger partial charge in [-0.3, -0.25) is 4.98 Å². The highest BCUT2D eigenvalue weighted by molar-refractivity contribution is 5.35. The molecular weight excluding hydrogens is 298 g/mol. The standard InChI is InChI=1S/C18H20F2N2O/c1-2-12-7-15(19)3-4-17(12)23-18(13-5-6-21-9-13)14-8-16(20)11-22-10-14/h3-4,7-8,10-11,13,18,21H,2,5-6,9H2,1H3/t13-,18?/m0/s1. The first-order valence-electron chi connectivity index (χ1n) is 7.93. The Morgan fingerprint density at radius 2 is 2.13 bits per heavy atom. The van der Waals surface area contributed by atoms with Crippen LogP contribution in [-0.2, 0) is 6.42 Å². The summed E-state index contributed by atoms with van der Waals surface area (Å²) in [6.45, 7) is 3.68. The maximum Gasteiger partial charge on any atom is 0.141 e. The molecular formula is C18H20F2N2O. The van der Waals surface area contributed by atoms with Crippen molar-refractivity contribution in [1.29, 1.82) is 0 Å². The van der Waals surface area contributed by atoms with Crippen molar-refractivity contribution in [3.8, 4) is 5.75 Å². The van der Waals surface area contributed by atoms with Crippen LogP contribution in [0.15, 0.2) is 36.7 Å². The molecule has 1 aromatic carbocycles. The number of nitrogens with one attached hydrogen (secondary N) is 1. The summed E-state index contributed by atoms with van der Waals surface area (Å²) in [5.41, 5.74) is 1.52. The molecule has 1 aromatic heterocycles. The van der Waals surface area contributed by atoms with Crippen molar-refractivity contribution >= 4 is 0 Å². The summed E-state index contributed by atoms with van der Waals surface area (Å²) in [6, 6.07) is 5.99. The Hall–Kier alpha value is -2.01. The zero-order chi connectivity index (χ0) is 16.2. The fourth-order valence-corrected chi connectivity index (χ4v) is 3.03. The van der Waals surface area contributed by atoms with Crippen LogP contribution >= 0.6 is 0 Å². The molecule has 1 aliphatic heterocycles. The summed E-state index contributed by atoms with van der Waals surface area (Å²) in [5, 5.41) is 3.31. The molecule has 1 saturated heterocycles. The number of ether oxygens (including phenoxy) is 1. The Bertz CT molecular complexity index is 672. The fraction of sp³-hybridized carbons (Fsp3) is 0.389. The third-order valence-corrected chi connectivity index (χ3v) is 4.24. The van der Waals surface area contributed by atoms with Gasteiger partial charge >= 0.3 is 0 Å². The van der Waals surface area contributed by atoms with Crippen molar-refractivity contribution in [3.63, 3.8) is 0 Å². The van der Waals surface area contributed by atoms with Gasteiger partial charge in [-0.25, -0.2) is 8.78 Å². The maximum absolute atomic E-state index is 13.6. The van der Waals surface area contributed by atoms with Crippen molar-refractivity contribution in [2.75, 3.05) is 13.1 Å². The first kappa shape index (κ1) is 15.9. The molecule has 2 atom stereocenters. The van der Waals surface area contributed by atoms with Gasteiger partial charge in [0.05, 0.1) is 6.20 Å². The number of pyridine rings is 1. The molecule has 122 valence electrons. The number of benzene rings is 1. The van der Waals surface area contributed by atoms with E-state index in [1.165, 1.54) is 24.4 Å². The van der Waals surface area contributed by atoms with Crippen LogP contribution in [0.25, 0.3) is 0 Å². The number of aromatic nitrogens is 1. The number of aryl methyl sites for hydroxylation is 1. The minimum atomic E-state index is -0.378. The summed E-state index contributed by atoms with van der Waals surface area (Å²) >= 11 is 0. The van der Waals surface area contributed by atoms with Gasteiger partial charge in [-0.1, -0.05) is 6.92 Å². The predicted molar refractivity (Wildman–Crippen MR) is 84.3 cm³/mol. The van der Waals surface area contributed by atoms with Gasteiger partial charge in [0.25, 0.3) is 0 Å². The van der Waals surface area contributed by atoms with Gasteiger partial charge < -0.3 is 10.1 Å². The van der Waals surface area contributed by atoms with Gasteiger partial charge in [-0.05, 0) is 49.2 Å². The molecule has 3 nitrogen and oxygen atoms in total. The second-order valence-electron chi connectivity index (χ2n) is 5.83. The molecule has 1 N–H and O–H groups in total. The molecule has 2 aromatic rings. The smallest absolute Gasteiger partial charge is 0.141 e. The van der Waals surface area contributed by atoms with Crippen LogP contribution in [0.3, 0.4) is 0 Å². The largest absolute Gasteiger partial charge is 0.485 e. The molecule has 2 heterocycles. The van der Waals surface area contributed by atoms with E-state index in [4.69, 9.17) is 4.74 Å². The number of halogens is 2. The Balaban J connectivity index is 1.93. The van der Waals surface area contributed by atoms with E-state index in [0.717, 1.165) is 25.1 Å². The van der Waals surface area contributed by atoms with Crippen LogP contribution in [0.2, 0.25) is 0 Å². The van der Waals surface area contributed by atoms with E-state index in [-0.39, 0.29) is 23.7 Å². The normalized spacial score (nSPS) is 18.8. The molecule has 0 radical (unpaired) electrons. The molecule has 0 amide bonds. The van der Waals surface area contributed by atoms with E-state index < -0.39 is 0 Å². The lowest BCUT2D eigenvalue weighted by Crippen LogP contribution is -2.22. The van der Waals surface area contributed by atoms with Crippen LogP contribution in [-0.4, -0.2) is 18.1 Å². The van der Waals surface area contributed by atoms with Gasteiger partial charge in [0.1, 0.15) is 23.5 Å². The summed E-state index contributed by atoms with van der Waals surface area (Å²) in [5.74, 6) is 0.223. The van der Waals surface area contributed by atoms with Crippen LogP contribution in [0.4, 0.5) is 8.78 Å². The fourth-order valence-electron chi connectivity index (χ4n) is 3.03. The van der Waals surface area contributed by atoms with E-state index in [1.54, 1.807) is 12.3 Å². The molecule has 23 heavy (non-hydrogen) atoms. The minimum Gasteiger partial charge on any atom is -0.485 e. The van der Waals surface area contributed by atoms with Gasteiger partial charge in [-0.15, -0.1) is 0 Å². The Kier molecular flexibility index (Phi) is 4.86. The van der Waals surface area contributed by atoms with Crippen molar-refractivity contribution in [1.82, 2.24) is 10.3 Å². The molecule has 0 aliphatic carbocycles. The van der Waals surface area contributed by atoms with E-state index in [1.807, 2.05) is 6.92 Å². The van der Waals surface area contributed by atoms with E-state index >= 15 is 0 Å². The number of hydrogen-bond donors (Lipinski definition) is 1.